The van der Waals surface area contributed by atoms with Crippen LogP contribution in [0.2, 0.25) is 0 Å². The van der Waals surface area contributed by atoms with Gasteiger partial charge in [0, 0.05) is 52.4 Å². The number of hydrogen-bond donors (Lipinski definition) is 4. The van der Waals surface area contributed by atoms with E-state index in [4.69, 9.17) is 18.9 Å². The van der Waals surface area contributed by atoms with Gasteiger partial charge in [-0.25, -0.2) is 19.2 Å². The highest BCUT2D eigenvalue weighted by molar-refractivity contribution is 5.68. The number of alkyl carbamates (subject to hydrolysis) is 4. The van der Waals surface area contributed by atoms with Gasteiger partial charge in [-0.05, 0) is 51.6 Å². The van der Waals surface area contributed by atoms with Gasteiger partial charge in [-0.3, -0.25) is 9.80 Å². The summed E-state index contributed by atoms with van der Waals surface area (Å²) in [6.45, 7) is 16.4. The largest absolute Gasteiger partial charge is 0.448 e. The van der Waals surface area contributed by atoms with Crippen molar-refractivity contribution in [3.8, 4) is 0 Å². The summed E-state index contributed by atoms with van der Waals surface area (Å²) < 4.78 is 21.8. The Kier molecular flexibility index (Phi) is 58.8. The van der Waals surface area contributed by atoms with Gasteiger partial charge in [0.15, 0.2) is 0 Å². The predicted molar refractivity (Wildman–Crippen MR) is 318 cm³/mol. The van der Waals surface area contributed by atoms with Gasteiger partial charge in [0.25, 0.3) is 0 Å². The third-order valence-corrected chi connectivity index (χ3v) is 14.5. The fraction of sp³-hybridized carbons (Fsp3) is 0.935. The van der Waals surface area contributed by atoms with Crippen molar-refractivity contribution in [2.45, 2.75) is 285 Å². The van der Waals surface area contributed by atoms with Crippen LogP contribution in [0.5, 0.6) is 0 Å². The van der Waals surface area contributed by atoms with Crippen LogP contribution in [0, 0.1) is 0 Å². The molecular formula is C62H124N6O8. The lowest BCUT2D eigenvalue weighted by molar-refractivity contribution is 0.104. The third kappa shape index (κ3) is 57.2. The van der Waals surface area contributed by atoms with E-state index in [0.717, 1.165) is 90.1 Å². The number of amides is 4. The molecule has 0 aliphatic rings. The van der Waals surface area contributed by atoms with Gasteiger partial charge < -0.3 is 40.2 Å². The van der Waals surface area contributed by atoms with Crippen LogP contribution in [0.4, 0.5) is 19.2 Å². The van der Waals surface area contributed by atoms with Crippen molar-refractivity contribution in [2.24, 2.45) is 0 Å². The first-order chi connectivity index (χ1) is 37.4. The Morgan fingerprint density at radius 1 is 0.237 bits per heavy atom. The summed E-state index contributed by atoms with van der Waals surface area (Å²) in [5.41, 5.74) is 0. The van der Waals surface area contributed by atoms with E-state index in [0.29, 0.717) is 65.6 Å². The molecule has 0 aromatic rings. The molecule has 0 rings (SSSR count). The first-order valence-electron chi connectivity index (χ1n) is 32.4. The van der Waals surface area contributed by atoms with E-state index in [1.807, 2.05) is 0 Å². The van der Waals surface area contributed by atoms with Crippen LogP contribution in [0.3, 0.4) is 0 Å². The van der Waals surface area contributed by atoms with Crippen molar-refractivity contribution < 1.29 is 38.1 Å². The molecule has 0 aromatic heterocycles. The Labute approximate surface area is 468 Å². The van der Waals surface area contributed by atoms with Gasteiger partial charge in [0.2, 0.25) is 0 Å². The summed E-state index contributed by atoms with van der Waals surface area (Å²) in [5, 5.41) is 11.5. The third-order valence-electron chi connectivity index (χ3n) is 14.5. The van der Waals surface area contributed by atoms with Crippen molar-refractivity contribution >= 4 is 24.4 Å². The van der Waals surface area contributed by atoms with Crippen LogP contribution in [0.25, 0.3) is 0 Å². The molecule has 0 fully saturated rings. The lowest BCUT2D eigenvalue weighted by Gasteiger charge is -2.21. The van der Waals surface area contributed by atoms with Crippen molar-refractivity contribution in [2.75, 3.05) is 91.9 Å². The van der Waals surface area contributed by atoms with Crippen molar-refractivity contribution in [3.63, 3.8) is 0 Å². The number of nitrogens with one attached hydrogen (secondary N) is 4. The molecule has 0 aromatic carbocycles. The molecule has 0 atom stereocenters. The van der Waals surface area contributed by atoms with Crippen molar-refractivity contribution in [1.29, 1.82) is 0 Å². The Hall–Kier alpha value is -3.00. The Balaban J connectivity index is 3.84. The second kappa shape index (κ2) is 61.2. The van der Waals surface area contributed by atoms with Gasteiger partial charge in [-0.1, -0.05) is 246 Å². The Bertz CT molecular complexity index is 1160. The minimum absolute atomic E-state index is 0.270. The lowest BCUT2D eigenvalue weighted by Crippen LogP contribution is -2.35. The molecule has 14 heteroatoms. The second-order valence-electron chi connectivity index (χ2n) is 21.7. The van der Waals surface area contributed by atoms with Crippen LogP contribution in [0.1, 0.15) is 285 Å². The zero-order chi connectivity index (χ0) is 55.3. The topological polar surface area (TPSA) is 160 Å². The standard InChI is InChI=1S/C62H124N6O8/c1-5-9-13-15-17-19-21-23-25-27-29-31-33-35-37-41-45-63-59(69)73-55-51-67(49-11-7-3)53-57-75-61(71)65-47-43-39-40-44-48-66-62(72)76-58-54-68(50-12-8-4)52-56-74-60(70)64-46-42-38-36-34-32-30-28-26-24-22-20-18-16-14-10-6-2/h5-58H2,1-4H3,(H,63,69)(H,64,70)(H,65,71)(H,66,72). The molecule has 4 N–H and O–H groups in total. The highest BCUT2D eigenvalue weighted by Crippen LogP contribution is 2.15. The van der Waals surface area contributed by atoms with E-state index in [1.54, 1.807) is 0 Å². The minimum atomic E-state index is -0.424. The minimum Gasteiger partial charge on any atom is -0.448 e. The van der Waals surface area contributed by atoms with Gasteiger partial charge in [-0.2, -0.15) is 0 Å². The van der Waals surface area contributed by atoms with Crippen LogP contribution in [-0.2, 0) is 18.9 Å². The fourth-order valence-corrected chi connectivity index (χ4v) is 9.42. The van der Waals surface area contributed by atoms with E-state index in [2.05, 4.69) is 58.8 Å². The molecule has 0 aliphatic carbocycles. The first kappa shape index (κ1) is 73.0. The first-order valence-corrected chi connectivity index (χ1v) is 32.4. The maximum absolute atomic E-state index is 12.3. The fourth-order valence-electron chi connectivity index (χ4n) is 9.42. The summed E-state index contributed by atoms with van der Waals surface area (Å²) in [5.74, 6) is 0. The second-order valence-corrected chi connectivity index (χ2v) is 21.7. The summed E-state index contributed by atoms with van der Waals surface area (Å²) in [4.78, 5) is 53.5. The number of rotatable bonds is 59. The molecule has 4 amide bonds. The molecule has 0 heterocycles. The molecule has 450 valence electrons. The van der Waals surface area contributed by atoms with E-state index in [-0.39, 0.29) is 25.4 Å². The average molecular weight is 1080 g/mol. The molecule has 0 spiro atoms. The number of hydrogen-bond acceptors (Lipinski definition) is 10. The summed E-state index contributed by atoms with van der Waals surface area (Å²) >= 11 is 0. The molecule has 0 unspecified atom stereocenters. The number of ether oxygens (including phenoxy) is 4. The molecule has 0 bridgehead atoms. The highest BCUT2D eigenvalue weighted by atomic mass is 16.6. The highest BCUT2D eigenvalue weighted by Gasteiger charge is 2.11. The summed E-state index contributed by atoms with van der Waals surface area (Å²) in [6.07, 6.45) is 48.5. The number of unbranched alkanes of at least 4 members (excludes halogenated alkanes) is 35. The van der Waals surface area contributed by atoms with Crippen LogP contribution < -0.4 is 21.3 Å². The smallest absolute Gasteiger partial charge is 0.407 e. The van der Waals surface area contributed by atoms with Crippen LogP contribution in [0.15, 0.2) is 0 Å². The molecule has 0 saturated heterocycles. The quantitative estimate of drug-likeness (QED) is 0.0341. The molecule has 14 nitrogen and oxygen atoms in total. The molecular weight excluding hydrogens is 957 g/mol. The molecule has 0 aliphatic heterocycles. The molecule has 76 heavy (non-hydrogen) atoms. The summed E-state index contributed by atoms with van der Waals surface area (Å²) in [6, 6.07) is 0. The van der Waals surface area contributed by atoms with Gasteiger partial charge in [0.05, 0.1) is 0 Å². The zero-order valence-corrected chi connectivity index (χ0v) is 50.3. The number of nitrogens with zero attached hydrogens (tertiary/aromatic N) is 2. The number of carbonyl (C=O) groups is 4. The van der Waals surface area contributed by atoms with Crippen LogP contribution in [-0.4, -0.2) is 126 Å². The van der Waals surface area contributed by atoms with Gasteiger partial charge in [-0.15, -0.1) is 0 Å². The molecule has 0 saturated carbocycles. The van der Waals surface area contributed by atoms with E-state index >= 15 is 0 Å². The summed E-state index contributed by atoms with van der Waals surface area (Å²) in [7, 11) is 0. The van der Waals surface area contributed by atoms with Gasteiger partial charge >= 0.3 is 24.4 Å². The number of carbonyl (C=O) groups excluding carboxylic acids is 4. The monoisotopic (exact) mass is 1080 g/mol. The van der Waals surface area contributed by atoms with Gasteiger partial charge in [0.1, 0.15) is 26.4 Å². The normalized spacial score (nSPS) is 11.3. The lowest BCUT2D eigenvalue weighted by atomic mass is 10.0. The Morgan fingerprint density at radius 3 is 0.592 bits per heavy atom. The average Bonchev–Trinajstić information content (AvgIpc) is 3.41. The van der Waals surface area contributed by atoms with E-state index in [9.17, 15) is 19.2 Å². The van der Waals surface area contributed by atoms with E-state index < -0.39 is 12.2 Å². The van der Waals surface area contributed by atoms with Crippen LogP contribution >= 0.6 is 0 Å². The molecule has 0 radical (unpaired) electrons. The maximum atomic E-state index is 12.3. The maximum Gasteiger partial charge on any atom is 0.407 e. The predicted octanol–water partition coefficient (Wildman–Crippen LogP) is 16.2. The van der Waals surface area contributed by atoms with E-state index in [1.165, 1.54) is 180 Å². The SMILES string of the molecule is CCCCCCCCCCCCCCCCCCNC(=O)OCCN(CCCC)CCOC(=O)NCCCCCCNC(=O)OCCN(CCCC)CCOC(=O)NCCCCCCCCCCCCCCCCCC. The van der Waals surface area contributed by atoms with Crippen molar-refractivity contribution in [3.05, 3.63) is 0 Å². The zero-order valence-electron chi connectivity index (χ0n) is 50.3. The Morgan fingerprint density at radius 2 is 0.408 bits per heavy atom. The van der Waals surface area contributed by atoms with Crippen molar-refractivity contribution in [1.82, 2.24) is 31.1 Å².